The van der Waals surface area contributed by atoms with Crippen molar-refractivity contribution in [2.24, 2.45) is 0 Å². The van der Waals surface area contributed by atoms with Crippen molar-refractivity contribution in [2.45, 2.75) is 12.6 Å². The van der Waals surface area contributed by atoms with Crippen LogP contribution in [0, 0.1) is 11.3 Å². The number of ether oxygens (including phenoxy) is 1. The number of likely N-dealkylation sites (N-methyl/N-ethyl adjacent to an activating group) is 1. The van der Waals surface area contributed by atoms with Crippen molar-refractivity contribution in [1.82, 2.24) is 4.90 Å². The summed E-state index contributed by atoms with van der Waals surface area (Å²) in [6, 6.07) is 17.3. The third-order valence-corrected chi connectivity index (χ3v) is 3.43. The zero-order valence-corrected chi connectivity index (χ0v) is 14.1. The van der Waals surface area contributed by atoms with Crippen molar-refractivity contribution in [3.05, 3.63) is 59.7 Å². The van der Waals surface area contributed by atoms with Gasteiger partial charge in [0.2, 0.25) is 0 Å². The molecule has 0 saturated carbocycles. The minimum absolute atomic E-state index is 0.270. The Morgan fingerprint density at radius 2 is 1.96 bits per heavy atom. The minimum atomic E-state index is -0.509. The van der Waals surface area contributed by atoms with E-state index in [-0.39, 0.29) is 6.61 Å². The highest BCUT2D eigenvalue weighted by atomic mass is 16.5. The largest absolute Gasteiger partial charge is 0.491 e. The molecule has 0 fully saturated rings. The molecule has 2 aromatic rings. The summed E-state index contributed by atoms with van der Waals surface area (Å²) in [5.41, 5.74) is 2.69. The van der Waals surface area contributed by atoms with Crippen LogP contribution in [0.5, 0.6) is 5.75 Å². The van der Waals surface area contributed by atoms with Gasteiger partial charge in [0.05, 0.1) is 11.6 Å². The van der Waals surface area contributed by atoms with Gasteiger partial charge in [-0.15, -0.1) is 0 Å². The van der Waals surface area contributed by atoms with Crippen LogP contribution in [0.25, 0.3) is 0 Å². The topological polar surface area (TPSA) is 68.5 Å². The Morgan fingerprint density at radius 3 is 2.62 bits per heavy atom. The monoisotopic (exact) mass is 325 g/mol. The number of anilines is 1. The zero-order chi connectivity index (χ0) is 17.4. The molecule has 126 valence electrons. The molecule has 0 radical (unpaired) electrons. The molecule has 0 amide bonds. The van der Waals surface area contributed by atoms with Crippen molar-refractivity contribution in [2.75, 3.05) is 32.6 Å². The van der Waals surface area contributed by atoms with Gasteiger partial charge in [-0.1, -0.05) is 12.1 Å². The predicted octanol–water partition coefficient (Wildman–Crippen LogP) is 2.47. The molecule has 2 aromatic carbocycles. The van der Waals surface area contributed by atoms with Crippen LogP contribution in [-0.2, 0) is 6.54 Å². The van der Waals surface area contributed by atoms with Crippen molar-refractivity contribution in [3.63, 3.8) is 0 Å². The van der Waals surface area contributed by atoms with E-state index >= 15 is 0 Å². The SMILES string of the molecule is CN(C)CC(O)COc1ccc(NCc2cccc(C#N)c2)cc1. The molecule has 0 heterocycles. The van der Waals surface area contributed by atoms with E-state index in [1.165, 1.54) is 0 Å². The minimum Gasteiger partial charge on any atom is -0.491 e. The maximum absolute atomic E-state index is 9.79. The summed E-state index contributed by atoms with van der Waals surface area (Å²) in [6.45, 7) is 1.49. The van der Waals surface area contributed by atoms with E-state index in [0.717, 1.165) is 17.0 Å². The number of aliphatic hydroxyl groups is 1. The van der Waals surface area contributed by atoms with Gasteiger partial charge in [-0.2, -0.15) is 5.26 Å². The molecule has 0 bridgehead atoms. The number of nitrogens with one attached hydrogen (secondary N) is 1. The molecule has 1 unspecified atom stereocenters. The number of benzene rings is 2. The van der Waals surface area contributed by atoms with Gasteiger partial charge < -0.3 is 20.1 Å². The highest BCUT2D eigenvalue weighted by Gasteiger charge is 2.06. The van der Waals surface area contributed by atoms with Gasteiger partial charge in [0.15, 0.2) is 0 Å². The van der Waals surface area contributed by atoms with Gasteiger partial charge in [-0.3, -0.25) is 0 Å². The summed E-state index contributed by atoms with van der Waals surface area (Å²) in [5.74, 6) is 0.727. The second-order valence-corrected chi connectivity index (χ2v) is 5.92. The fourth-order valence-electron chi connectivity index (χ4n) is 2.29. The second kappa shape index (κ2) is 8.92. The van der Waals surface area contributed by atoms with E-state index in [1.54, 1.807) is 6.07 Å². The number of hydrogen-bond acceptors (Lipinski definition) is 5. The Kier molecular flexibility index (Phi) is 6.62. The second-order valence-electron chi connectivity index (χ2n) is 5.92. The molecule has 5 nitrogen and oxygen atoms in total. The maximum atomic E-state index is 9.79. The van der Waals surface area contributed by atoms with E-state index in [4.69, 9.17) is 10.00 Å². The van der Waals surface area contributed by atoms with Crippen LogP contribution < -0.4 is 10.1 Å². The van der Waals surface area contributed by atoms with Crippen LogP contribution in [0.1, 0.15) is 11.1 Å². The van der Waals surface area contributed by atoms with Gasteiger partial charge in [0, 0.05) is 18.8 Å². The van der Waals surface area contributed by atoms with Crippen LogP contribution in [0.3, 0.4) is 0 Å². The summed E-state index contributed by atoms with van der Waals surface area (Å²) in [4.78, 5) is 1.92. The summed E-state index contributed by atoms with van der Waals surface area (Å²) in [7, 11) is 3.83. The lowest BCUT2D eigenvalue weighted by molar-refractivity contribution is 0.0831. The molecule has 0 saturated heterocycles. The number of nitriles is 1. The molecule has 0 aliphatic carbocycles. The predicted molar refractivity (Wildman–Crippen MR) is 95.0 cm³/mol. The molecular formula is C19H23N3O2. The molecule has 5 heteroatoms. The quantitative estimate of drug-likeness (QED) is 0.780. The van der Waals surface area contributed by atoms with Crippen LogP contribution in [0.4, 0.5) is 5.69 Å². The Balaban J connectivity index is 1.82. The molecule has 1 atom stereocenters. The fourth-order valence-corrected chi connectivity index (χ4v) is 2.29. The van der Waals surface area contributed by atoms with E-state index < -0.39 is 6.10 Å². The van der Waals surface area contributed by atoms with Gasteiger partial charge in [-0.25, -0.2) is 0 Å². The number of rotatable bonds is 8. The average molecular weight is 325 g/mol. The molecular weight excluding hydrogens is 302 g/mol. The van der Waals surface area contributed by atoms with Crippen LogP contribution in [0.2, 0.25) is 0 Å². The smallest absolute Gasteiger partial charge is 0.119 e. The van der Waals surface area contributed by atoms with Crippen LogP contribution in [0.15, 0.2) is 48.5 Å². The Morgan fingerprint density at radius 1 is 1.21 bits per heavy atom. The van der Waals surface area contributed by atoms with Gasteiger partial charge in [0.1, 0.15) is 18.5 Å². The van der Waals surface area contributed by atoms with E-state index in [0.29, 0.717) is 18.7 Å². The lowest BCUT2D eigenvalue weighted by Gasteiger charge is -2.16. The van der Waals surface area contributed by atoms with Crippen molar-refractivity contribution >= 4 is 5.69 Å². The van der Waals surface area contributed by atoms with Gasteiger partial charge in [-0.05, 0) is 56.1 Å². The van der Waals surface area contributed by atoms with Crippen LogP contribution >= 0.6 is 0 Å². The molecule has 0 aliphatic rings. The molecule has 0 aromatic heterocycles. The Hall–Kier alpha value is -2.55. The fraction of sp³-hybridized carbons (Fsp3) is 0.316. The van der Waals surface area contributed by atoms with Crippen molar-refractivity contribution in [3.8, 4) is 11.8 Å². The lowest BCUT2D eigenvalue weighted by Crippen LogP contribution is -2.30. The average Bonchev–Trinajstić information content (AvgIpc) is 2.58. The normalized spacial score (nSPS) is 11.8. The highest BCUT2D eigenvalue weighted by molar-refractivity contribution is 5.47. The zero-order valence-electron chi connectivity index (χ0n) is 14.1. The van der Waals surface area contributed by atoms with E-state index in [1.807, 2.05) is 61.5 Å². The van der Waals surface area contributed by atoms with Crippen LogP contribution in [-0.4, -0.2) is 43.4 Å². The first-order chi connectivity index (χ1) is 11.6. The van der Waals surface area contributed by atoms with E-state index in [2.05, 4.69) is 11.4 Å². The summed E-state index contributed by atoms with van der Waals surface area (Å²) in [5, 5.41) is 22.0. The molecule has 2 N–H and O–H groups in total. The van der Waals surface area contributed by atoms with Crippen molar-refractivity contribution < 1.29 is 9.84 Å². The summed E-state index contributed by atoms with van der Waals surface area (Å²) >= 11 is 0. The van der Waals surface area contributed by atoms with Crippen molar-refractivity contribution in [1.29, 1.82) is 5.26 Å². The summed E-state index contributed by atoms with van der Waals surface area (Å²) < 4.78 is 5.58. The molecule has 0 spiro atoms. The number of aliphatic hydroxyl groups excluding tert-OH is 1. The first-order valence-corrected chi connectivity index (χ1v) is 7.85. The highest BCUT2D eigenvalue weighted by Crippen LogP contribution is 2.17. The third kappa shape index (κ3) is 5.92. The first-order valence-electron chi connectivity index (χ1n) is 7.85. The third-order valence-electron chi connectivity index (χ3n) is 3.43. The molecule has 0 aliphatic heterocycles. The standard InChI is InChI=1S/C19H23N3O2/c1-22(2)13-18(23)14-24-19-8-6-17(7-9-19)21-12-16-5-3-4-15(10-16)11-20/h3-10,18,21,23H,12-14H2,1-2H3. The Labute approximate surface area is 143 Å². The number of hydrogen-bond donors (Lipinski definition) is 2. The first kappa shape index (κ1) is 17.8. The lowest BCUT2D eigenvalue weighted by atomic mass is 10.1. The van der Waals surface area contributed by atoms with E-state index in [9.17, 15) is 5.11 Å². The Bertz CT molecular complexity index is 678. The molecule has 24 heavy (non-hydrogen) atoms. The van der Waals surface area contributed by atoms with Gasteiger partial charge in [0.25, 0.3) is 0 Å². The molecule has 2 rings (SSSR count). The number of nitrogens with zero attached hydrogens (tertiary/aromatic N) is 2. The maximum Gasteiger partial charge on any atom is 0.119 e. The summed E-state index contributed by atoms with van der Waals surface area (Å²) in [6.07, 6.45) is -0.509. The van der Waals surface area contributed by atoms with Gasteiger partial charge >= 0.3 is 0 Å².